The molecule has 1 aliphatic carbocycles. The van der Waals surface area contributed by atoms with E-state index in [0.29, 0.717) is 13.1 Å². The van der Waals surface area contributed by atoms with Gasteiger partial charge in [0.05, 0.1) is 13.1 Å². The minimum Gasteiger partial charge on any atom is -0.333 e. The fraction of sp³-hybridized carbons (Fsp3) is 0.556. The number of benzene rings is 1. The molecule has 1 fully saturated rings. The SMILES string of the molecule is CCN(CC(=O)Nc1c(C)cccc1C)C(=O)CNCC1CC1. The first kappa shape index (κ1) is 17.5. The van der Waals surface area contributed by atoms with Crippen LogP contribution in [0.5, 0.6) is 0 Å². The molecule has 2 amide bonds. The van der Waals surface area contributed by atoms with Gasteiger partial charge >= 0.3 is 0 Å². The van der Waals surface area contributed by atoms with E-state index in [-0.39, 0.29) is 18.4 Å². The van der Waals surface area contributed by atoms with Crippen LogP contribution in [0.1, 0.15) is 30.9 Å². The van der Waals surface area contributed by atoms with Crippen LogP contribution < -0.4 is 10.6 Å². The molecule has 0 atom stereocenters. The van der Waals surface area contributed by atoms with Crippen LogP contribution in [0.4, 0.5) is 5.69 Å². The van der Waals surface area contributed by atoms with Crippen LogP contribution in [0.15, 0.2) is 18.2 Å². The Labute approximate surface area is 138 Å². The molecule has 0 heterocycles. The van der Waals surface area contributed by atoms with E-state index in [9.17, 15) is 9.59 Å². The zero-order chi connectivity index (χ0) is 16.8. The van der Waals surface area contributed by atoms with Gasteiger partial charge in [-0.1, -0.05) is 18.2 Å². The summed E-state index contributed by atoms with van der Waals surface area (Å²) in [6.07, 6.45) is 2.52. The number of nitrogens with one attached hydrogen (secondary N) is 2. The average molecular weight is 317 g/mol. The van der Waals surface area contributed by atoms with Crippen molar-refractivity contribution in [2.24, 2.45) is 5.92 Å². The summed E-state index contributed by atoms with van der Waals surface area (Å²) < 4.78 is 0. The summed E-state index contributed by atoms with van der Waals surface area (Å²) in [5.74, 6) is 0.565. The monoisotopic (exact) mass is 317 g/mol. The van der Waals surface area contributed by atoms with Crippen molar-refractivity contribution in [2.75, 3.05) is 31.5 Å². The molecule has 0 spiro atoms. The Morgan fingerprint density at radius 3 is 2.43 bits per heavy atom. The van der Waals surface area contributed by atoms with Crippen molar-refractivity contribution in [3.8, 4) is 0 Å². The minimum atomic E-state index is -0.153. The zero-order valence-electron chi connectivity index (χ0n) is 14.3. The second kappa shape index (κ2) is 8.11. The number of carbonyl (C=O) groups is 2. The van der Waals surface area contributed by atoms with Gasteiger partial charge in [0.25, 0.3) is 0 Å². The number of likely N-dealkylation sites (N-methyl/N-ethyl adjacent to an activating group) is 1. The lowest BCUT2D eigenvalue weighted by Gasteiger charge is -2.21. The van der Waals surface area contributed by atoms with Gasteiger partial charge in [0.2, 0.25) is 11.8 Å². The predicted octanol–water partition coefficient (Wildman–Crippen LogP) is 2.09. The Morgan fingerprint density at radius 2 is 1.87 bits per heavy atom. The molecule has 5 nitrogen and oxygen atoms in total. The summed E-state index contributed by atoms with van der Waals surface area (Å²) in [7, 11) is 0. The van der Waals surface area contributed by atoms with E-state index in [0.717, 1.165) is 29.3 Å². The maximum atomic E-state index is 12.3. The highest BCUT2D eigenvalue weighted by Gasteiger charge is 2.22. The van der Waals surface area contributed by atoms with Crippen molar-refractivity contribution >= 4 is 17.5 Å². The third-order valence-corrected chi connectivity index (χ3v) is 4.22. The van der Waals surface area contributed by atoms with Gasteiger partial charge in [-0.2, -0.15) is 0 Å². The Morgan fingerprint density at radius 1 is 1.22 bits per heavy atom. The highest BCUT2D eigenvalue weighted by molar-refractivity contribution is 5.95. The summed E-state index contributed by atoms with van der Waals surface area (Å²) in [6.45, 7) is 7.66. The number of hydrogen-bond acceptors (Lipinski definition) is 3. The fourth-order valence-corrected chi connectivity index (χ4v) is 2.56. The van der Waals surface area contributed by atoms with Crippen LogP contribution in [-0.4, -0.2) is 42.9 Å². The first-order valence-corrected chi connectivity index (χ1v) is 8.35. The summed E-state index contributed by atoms with van der Waals surface area (Å²) in [4.78, 5) is 26.0. The van der Waals surface area contributed by atoms with E-state index in [1.165, 1.54) is 12.8 Å². The standard InChI is InChI=1S/C18H27N3O2/c1-4-21(17(23)11-19-10-15-8-9-15)12-16(22)20-18-13(2)6-5-7-14(18)3/h5-7,15,19H,4,8-12H2,1-3H3,(H,20,22). The lowest BCUT2D eigenvalue weighted by Crippen LogP contribution is -2.42. The Kier molecular flexibility index (Phi) is 6.16. The molecule has 1 saturated carbocycles. The minimum absolute atomic E-state index is 0.0233. The molecule has 0 aliphatic heterocycles. The largest absolute Gasteiger partial charge is 0.333 e. The van der Waals surface area contributed by atoms with Gasteiger partial charge in [0.15, 0.2) is 0 Å². The molecule has 0 unspecified atom stereocenters. The van der Waals surface area contributed by atoms with E-state index < -0.39 is 0 Å². The molecular weight excluding hydrogens is 290 g/mol. The fourth-order valence-electron chi connectivity index (χ4n) is 2.56. The molecule has 2 N–H and O–H groups in total. The van der Waals surface area contributed by atoms with E-state index in [1.807, 2.05) is 39.0 Å². The second-order valence-corrected chi connectivity index (χ2v) is 6.30. The van der Waals surface area contributed by atoms with Crippen LogP contribution in [0.3, 0.4) is 0 Å². The highest BCUT2D eigenvalue weighted by Crippen LogP contribution is 2.27. The summed E-state index contributed by atoms with van der Waals surface area (Å²) in [5, 5.41) is 6.11. The van der Waals surface area contributed by atoms with Crippen molar-refractivity contribution in [3.63, 3.8) is 0 Å². The third-order valence-electron chi connectivity index (χ3n) is 4.22. The van der Waals surface area contributed by atoms with E-state index >= 15 is 0 Å². The molecule has 23 heavy (non-hydrogen) atoms. The van der Waals surface area contributed by atoms with Gasteiger partial charge in [0.1, 0.15) is 0 Å². The van der Waals surface area contributed by atoms with Gasteiger partial charge in [0, 0.05) is 12.2 Å². The summed E-state index contributed by atoms with van der Waals surface area (Å²) in [6, 6.07) is 5.90. The van der Waals surface area contributed by atoms with Gasteiger partial charge in [-0.3, -0.25) is 9.59 Å². The van der Waals surface area contributed by atoms with Crippen LogP contribution in [0.25, 0.3) is 0 Å². The summed E-state index contributed by atoms with van der Waals surface area (Å²) in [5.41, 5.74) is 2.89. The number of carbonyl (C=O) groups excluding carboxylic acids is 2. The lowest BCUT2D eigenvalue weighted by molar-refractivity contribution is -0.133. The maximum absolute atomic E-state index is 12.3. The maximum Gasteiger partial charge on any atom is 0.244 e. The molecule has 1 aliphatic rings. The van der Waals surface area contributed by atoms with Crippen molar-refractivity contribution in [1.82, 2.24) is 10.2 Å². The normalized spacial score (nSPS) is 13.7. The quantitative estimate of drug-likeness (QED) is 0.772. The van der Waals surface area contributed by atoms with Gasteiger partial charge in [-0.25, -0.2) is 0 Å². The number of hydrogen-bond donors (Lipinski definition) is 2. The molecular formula is C18H27N3O2. The van der Waals surface area contributed by atoms with Crippen molar-refractivity contribution < 1.29 is 9.59 Å². The molecule has 0 bridgehead atoms. The number of amides is 2. The second-order valence-electron chi connectivity index (χ2n) is 6.30. The molecule has 1 aromatic rings. The van der Waals surface area contributed by atoms with Crippen LogP contribution in [0.2, 0.25) is 0 Å². The number of para-hydroxylation sites is 1. The first-order chi connectivity index (χ1) is 11.0. The molecule has 5 heteroatoms. The Balaban J connectivity index is 1.84. The predicted molar refractivity (Wildman–Crippen MR) is 92.4 cm³/mol. The molecule has 2 rings (SSSR count). The molecule has 0 aromatic heterocycles. The molecule has 0 radical (unpaired) electrons. The molecule has 1 aromatic carbocycles. The molecule has 126 valence electrons. The third kappa shape index (κ3) is 5.36. The van der Waals surface area contributed by atoms with E-state index in [4.69, 9.17) is 0 Å². The smallest absolute Gasteiger partial charge is 0.244 e. The van der Waals surface area contributed by atoms with Crippen molar-refractivity contribution in [3.05, 3.63) is 29.3 Å². The van der Waals surface area contributed by atoms with E-state index in [2.05, 4.69) is 10.6 Å². The number of rotatable bonds is 8. The van der Waals surface area contributed by atoms with E-state index in [1.54, 1.807) is 4.90 Å². The topological polar surface area (TPSA) is 61.4 Å². The van der Waals surface area contributed by atoms with Crippen molar-refractivity contribution in [1.29, 1.82) is 0 Å². The van der Waals surface area contributed by atoms with Crippen LogP contribution in [-0.2, 0) is 9.59 Å². The van der Waals surface area contributed by atoms with Crippen LogP contribution >= 0.6 is 0 Å². The van der Waals surface area contributed by atoms with Gasteiger partial charge in [-0.05, 0) is 57.2 Å². The van der Waals surface area contributed by atoms with Gasteiger partial charge in [-0.15, -0.1) is 0 Å². The first-order valence-electron chi connectivity index (χ1n) is 8.35. The van der Waals surface area contributed by atoms with Gasteiger partial charge < -0.3 is 15.5 Å². The zero-order valence-corrected chi connectivity index (χ0v) is 14.3. The average Bonchev–Trinajstić information content (AvgIpc) is 3.33. The molecule has 0 saturated heterocycles. The lowest BCUT2D eigenvalue weighted by atomic mass is 10.1. The highest BCUT2D eigenvalue weighted by atomic mass is 16.2. The Bertz CT molecular complexity index is 547. The number of anilines is 1. The van der Waals surface area contributed by atoms with Crippen molar-refractivity contribution in [2.45, 2.75) is 33.6 Å². The Hall–Kier alpha value is -1.88. The summed E-state index contributed by atoms with van der Waals surface area (Å²) >= 11 is 0. The van der Waals surface area contributed by atoms with Crippen LogP contribution in [0, 0.1) is 19.8 Å². The number of aryl methyl sites for hydroxylation is 2. The number of nitrogens with zero attached hydrogens (tertiary/aromatic N) is 1.